The molecule has 0 aliphatic carbocycles. The SMILES string of the molecule is O=S(=O)(NCCn1ccnc1)c1cc(F)cc(F)c1. The van der Waals surface area contributed by atoms with Crippen molar-refractivity contribution in [1.82, 2.24) is 14.3 Å². The maximum absolute atomic E-state index is 13.0. The molecule has 0 atom stereocenters. The quantitative estimate of drug-likeness (QED) is 0.897. The van der Waals surface area contributed by atoms with Crippen molar-refractivity contribution in [1.29, 1.82) is 0 Å². The van der Waals surface area contributed by atoms with Gasteiger partial charge in [0.15, 0.2) is 0 Å². The Morgan fingerprint density at radius 3 is 2.47 bits per heavy atom. The number of nitrogens with zero attached hydrogens (tertiary/aromatic N) is 2. The van der Waals surface area contributed by atoms with Gasteiger partial charge in [0.2, 0.25) is 10.0 Å². The van der Waals surface area contributed by atoms with Gasteiger partial charge < -0.3 is 4.57 Å². The molecule has 0 saturated carbocycles. The Balaban J connectivity index is 2.05. The van der Waals surface area contributed by atoms with Crippen LogP contribution in [-0.4, -0.2) is 24.5 Å². The molecule has 0 aliphatic rings. The fourth-order valence-corrected chi connectivity index (χ4v) is 2.56. The number of hydrogen-bond donors (Lipinski definition) is 1. The minimum Gasteiger partial charge on any atom is -0.336 e. The monoisotopic (exact) mass is 287 g/mol. The highest BCUT2D eigenvalue weighted by atomic mass is 32.2. The van der Waals surface area contributed by atoms with Gasteiger partial charge in [0, 0.05) is 31.5 Å². The summed E-state index contributed by atoms with van der Waals surface area (Å²) in [5.74, 6) is -1.87. The Labute approximate surface area is 108 Å². The zero-order chi connectivity index (χ0) is 13.9. The lowest BCUT2D eigenvalue weighted by molar-refractivity contribution is 0.557. The lowest BCUT2D eigenvalue weighted by Gasteiger charge is -2.07. The van der Waals surface area contributed by atoms with Crippen LogP contribution in [0.4, 0.5) is 8.78 Å². The topological polar surface area (TPSA) is 64.0 Å². The molecule has 1 N–H and O–H groups in total. The van der Waals surface area contributed by atoms with Gasteiger partial charge in [0.25, 0.3) is 0 Å². The summed E-state index contributed by atoms with van der Waals surface area (Å²) in [6.45, 7) is 0.466. The smallest absolute Gasteiger partial charge is 0.240 e. The van der Waals surface area contributed by atoms with E-state index in [4.69, 9.17) is 0 Å². The third-order valence-electron chi connectivity index (χ3n) is 2.37. The van der Waals surface area contributed by atoms with E-state index < -0.39 is 26.6 Å². The van der Waals surface area contributed by atoms with E-state index in [1.165, 1.54) is 6.33 Å². The number of nitrogens with one attached hydrogen (secondary N) is 1. The van der Waals surface area contributed by atoms with Crippen LogP contribution in [0.1, 0.15) is 0 Å². The molecule has 0 radical (unpaired) electrons. The molecule has 0 unspecified atom stereocenters. The fourth-order valence-electron chi connectivity index (χ4n) is 1.50. The van der Waals surface area contributed by atoms with E-state index in [-0.39, 0.29) is 6.54 Å². The number of sulfonamides is 1. The van der Waals surface area contributed by atoms with E-state index in [0.29, 0.717) is 12.6 Å². The number of benzene rings is 1. The lowest BCUT2D eigenvalue weighted by atomic mass is 10.3. The number of imidazole rings is 1. The van der Waals surface area contributed by atoms with Crippen LogP contribution in [0.25, 0.3) is 0 Å². The molecule has 19 heavy (non-hydrogen) atoms. The van der Waals surface area contributed by atoms with E-state index in [0.717, 1.165) is 12.1 Å². The summed E-state index contributed by atoms with van der Waals surface area (Å²) in [6, 6.07) is 2.15. The standard InChI is InChI=1S/C11H11F2N3O2S/c12-9-5-10(13)7-11(6-9)19(17,18)15-2-4-16-3-1-14-8-16/h1,3,5-8,15H,2,4H2. The molecule has 1 aromatic carbocycles. The maximum Gasteiger partial charge on any atom is 0.240 e. The van der Waals surface area contributed by atoms with Crippen molar-refractivity contribution in [2.75, 3.05) is 6.54 Å². The van der Waals surface area contributed by atoms with E-state index in [9.17, 15) is 17.2 Å². The second kappa shape index (κ2) is 5.45. The molecule has 0 bridgehead atoms. The van der Waals surface area contributed by atoms with Crippen molar-refractivity contribution in [2.45, 2.75) is 11.4 Å². The molecule has 0 amide bonds. The Morgan fingerprint density at radius 2 is 1.89 bits per heavy atom. The summed E-state index contributed by atoms with van der Waals surface area (Å²) in [6.07, 6.45) is 4.78. The minimum absolute atomic E-state index is 0.0941. The van der Waals surface area contributed by atoms with Gasteiger partial charge in [-0.05, 0) is 12.1 Å². The summed E-state index contributed by atoms with van der Waals surface area (Å²) in [5, 5.41) is 0. The van der Waals surface area contributed by atoms with Crippen molar-refractivity contribution < 1.29 is 17.2 Å². The van der Waals surface area contributed by atoms with Gasteiger partial charge >= 0.3 is 0 Å². The molecule has 1 aromatic heterocycles. The zero-order valence-corrected chi connectivity index (χ0v) is 10.6. The first-order valence-corrected chi connectivity index (χ1v) is 6.87. The second-order valence-corrected chi connectivity index (χ2v) is 5.57. The Kier molecular flexibility index (Phi) is 3.91. The first kappa shape index (κ1) is 13.6. The molecule has 0 fully saturated rings. The summed E-state index contributed by atoms with van der Waals surface area (Å²) in [7, 11) is -3.92. The van der Waals surface area contributed by atoms with Crippen LogP contribution >= 0.6 is 0 Å². The van der Waals surface area contributed by atoms with Crippen molar-refractivity contribution in [3.63, 3.8) is 0 Å². The van der Waals surface area contributed by atoms with Crippen LogP contribution in [-0.2, 0) is 16.6 Å². The first-order valence-electron chi connectivity index (χ1n) is 5.39. The summed E-state index contributed by atoms with van der Waals surface area (Å²) in [5.41, 5.74) is 0. The zero-order valence-electron chi connectivity index (χ0n) is 9.75. The number of halogens is 2. The average Bonchev–Trinajstić information content (AvgIpc) is 2.80. The van der Waals surface area contributed by atoms with Crippen molar-refractivity contribution in [2.24, 2.45) is 0 Å². The highest BCUT2D eigenvalue weighted by Gasteiger charge is 2.15. The predicted molar refractivity (Wildman–Crippen MR) is 63.8 cm³/mol. The third kappa shape index (κ3) is 3.58. The molecule has 102 valence electrons. The summed E-state index contributed by atoms with van der Waals surface area (Å²) < 4.78 is 53.4. The van der Waals surface area contributed by atoms with Crippen LogP contribution in [0.15, 0.2) is 41.8 Å². The Morgan fingerprint density at radius 1 is 1.21 bits per heavy atom. The Hall–Kier alpha value is -1.80. The molecule has 1 heterocycles. The predicted octanol–water partition coefficient (Wildman–Crippen LogP) is 1.14. The highest BCUT2D eigenvalue weighted by molar-refractivity contribution is 7.89. The molecular weight excluding hydrogens is 276 g/mol. The van der Waals surface area contributed by atoms with Crippen molar-refractivity contribution >= 4 is 10.0 Å². The molecule has 2 aromatic rings. The highest BCUT2D eigenvalue weighted by Crippen LogP contribution is 2.13. The second-order valence-electron chi connectivity index (χ2n) is 3.80. The number of aromatic nitrogens is 2. The number of rotatable bonds is 5. The average molecular weight is 287 g/mol. The van der Waals surface area contributed by atoms with Gasteiger partial charge in [-0.15, -0.1) is 0 Å². The van der Waals surface area contributed by atoms with Crippen LogP contribution in [0.2, 0.25) is 0 Å². The molecule has 0 aliphatic heterocycles. The van der Waals surface area contributed by atoms with Gasteiger partial charge in [-0.2, -0.15) is 0 Å². The van der Waals surface area contributed by atoms with E-state index >= 15 is 0 Å². The molecular formula is C11H11F2N3O2S. The van der Waals surface area contributed by atoms with Crippen molar-refractivity contribution in [3.8, 4) is 0 Å². The van der Waals surface area contributed by atoms with Crippen molar-refractivity contribution in [3.05, 3.63) is 48.6 Å². The third-order valence-corrected chi connectivity index (χ3v) is 3.81. The molecule has 0 spiro atoms. The molecule has 0 saturated heterocycles. The van der Waals surface area contributed by atoms with Crippen LogP contribution in [0.5, 0.6) is 0 Å². The summed E-state index contributed by atoms with van der Waals surface area (Å²) >= 11 is 0. The van der Waals surface area contributed by atoms with Crippen LogP contribution < -0.4 is 4.72 Å². The molecule has 2 rings (SSSR count). The summed E-state index contributed by atoms with van der Waals surface area (Å²) in [4.78, 5) is 3.37. The molecule has 5 nitrogen and oxygen atoms in total. The lowest BCUT2D eigenvalue weighted by Crippen LogP contribution is -2.27. The minimum atomic E-state index is -3.92. The molecule has 8 heteroatoms. The Bertz CT molecular complexity index is 636. The first-order chi connectivity index (χ1) is 8.97. The van der Waals surface area contributed by atoms with Crippen LogP contribution in [0.3, 0.4) is 0 Å². The normalized spacial score (nSPS) is 11.7. The van der Waals surface area contributed by atoms with E-state index in [1.54, 1.807) is 17.0 Å². The fraction of sp³-hybridized carbons (Fsp3) is 0.182. The largest absolute Gasteiger partial charge is 0.336 e. The van der Waals surface area contributed by atoms with Gasteiger partial charge in [0.1, 0.15) is 11.6 Å². The number of hydrogen-bond acceptors (Lipinski definition) is 3. The maximum atomic E-state index is 13.0. The van der Waals surface area contributed by atoms with Gasteiger partial charge in [0.05, 0.1) is 11.2 Å². The van der Waals surface area contributed by atoms with Gasteiger partial charge in [-0.3, -0.25) is 0 Å². The van der Waals surface area contributed by atoms with Gasteiger partial charge in [-0.1, -0.05) is 0 Å². The van der Waals surface area contributed by atoms with E-state index in [2.05, 4.69) is 9.71 Å². The van der Waals surface area contributed by atoms with Gasteiger partial charge in [-0.25, -0.2) is 26.9 Å². The van der Waals surface area contributed by atoms with E-state index in [1.807, 2.05) is 0 Å². The van der Waals surface area contributed by atoms with Crippen LogP contribution in [0, 0.1) is 11.6 Å².